The van der Waals surface area contributed by atoms with E-state index in [1.807, 2.05) is 12.2 Å². The maximum Gasteiger partial charge on any atom is 0 e. The van der Waals surface area contributed by atoms with Crippen LogP contribution in [0, 0.1) is 35.8 Å². The quantitative estimate of drug-likeness (QED) is 0.455. The maximum absolute atomic E-state index is 6.60. The topological polar surface area (TPSA) is 23.8 Å². The first-order valence-corrected chi connectivity index (χ1v) is 3.78. The molecule has 0 radical (unpaired) electrons. The smallest absolute Gasteiger partial charge is 0 e. The van der Waals surface area contributed by atoms with Crippen LogP contribution in [0.25, 0.3) is 5.73 Å². The monoisotopic (exact) mass is 317 g/mol. The third kappa shape index (κ3) is 60.7. The molecule has 0 unspecified atom stereocenters. The first kappa shape index (κ1) is 52.4. The Labute approximate surface area is 138 Å². The van der Waals surface area contributed by atoms with Crippen LogP contribution in [0.1, 0.15) is 26.2 Å². The molecule has 1 aliphatic carbocycles. The number of nitrogens with one attached hydrogen (secondary N) is 1. The van der Waals surface area contributed by atoms with Crippen LogP contribution in [0.15, 0.2) is 18.2 Å². The summed E-state index contributed by atoms with van der Waals surface area (Å²) < 4.78 is 0. The van der Waals surface area contributed by atoms with Gasteiger partial charge in [0.2, 0.25) is 0 Å². The van der Waals surface area contributed by atoms with Gasteiger partial charge in [0.05, 0.1) is 0 Å². The molecular formula is C13H29Cl2NTi-6. The minimum absolute atomic E-state index is 0. The molecule has 1 N–H and O–H groups in total. The van der Waals surface area contributed by atoms with Crippen molar-refractivity contribution in [1.29, 1.82) is 0 Å². The summed E-state index contributed by atoms with van der Waals surface area (Å²) in [4.78, 5) is 0. The third-order valence-electron chi connectivity index (χ3n) is 1.12. The SMILES string of the molecule is CCCC[NH-].Cl.Cl.[C-]1=CC=CC1.[CH3-].[CH3-].[CH3-].[CH3-].[Ti]. The second-order valence-corrected chi connectivity index (χ2v) is 2.11. The van der Waals surface area contributed by atoms with Crippen LogP contribution in [-0.2, 0) is 21.7 Å². The third-order valence-corrected chi connectivity index (χ3v) is 1.12. The van der Waals surface area contributed by atoms with E-state index in [-0.39, 0.29) is 76.2 Å². The van der Waals surface area contributed by atoms with E-state index in [1.165, 1.54) is 0 Å². The zero-order valence-corrected chi connectivity index (χ0v) is 15.1. The van der Waals surface area contributed by atoms with Crippen molar-refractivity contribution in [2.75, 3.05) is 6.54 Å². The first-order valence-electron chi connectivity index (χ1n) is 3.78. The second-order valence-electron chi connectivity index (χ2n) is 2.11. The Kier molecular flexibility index (Phi) is 167. The van der Waals surface area contributed by atoms with E-state index in [9.17, 15) is 0 Å². The van der Waals surface area contributed by atoms with Crippen LogP contribution in [0.4, 0.5) is 0 Å². The molecule has 0 heterocycles. The molecule has 0 bridgehead atoms. The normalized spacial score (nSPS) is 7.65. The summed E-state index contributed by atoms with van der Waals surface area (Å²) in [5, 5.41) is 0. The van der Waals surface area contributed by atoms with Gasteiger partial charge in [-0.15, -0.1) is 31.2 Å². The largest absolute Gasteiger partial charge is 0.677 e. The zero-order chi connectivity index (χ0) is 7.66. The predicted octanol–water partition coefficient (Wildman–Crippen LogP) is 5.79. The molecule has 0 aromatic heterocycles. The zero-order valence-electron chi connectivity index (χ0n) is 11.9. The Morgan fingerprint density at radius 3 is 1.65 bits per heavy atom. The molecule has 0 aliphatic heterocycles. The molecule has 0 saturated carbocycles. The van der Waals surface area contributed by atoms with Crippen LogP contribution in [-0.4, -0.2) is 6.54 Å². The summed E-state index contributed by atoms with van der Waals surface area (Å²) in [7, 11) is 0. The van der Waals surface area contributed by atoms with E-state index in [0.29, 0.717) is 6.54 Å². The van der Waals surface area contributed by atoms with Gasteiger partial charge in [-0.2, -0.15) is 12.6 Å². The minimum Gasteiger partial charge on any atom is -0.677 e. The molecule has 1 rings (SSSR count). The van der Waals surface area contributed by atoms with Gasteiger partial charge >= 0.3 is 0 Å². The van der Waals surface area contributed by atoms with Crippen molar-refractivity contribution < 1.29 is 21.7 Å². The number of hydrogen-bond acceptors (Lipinski definition) is 0. The fraction of sp³-hybridized carbons (Fsp3) is 0.385. The van der Waals surface area contributed by atoms with Crippen LogP contribution in [0.2, 0.25) is 0 Å². The average Bonchev–Trinajstić information content (AvgIpc) is 2.44. The molecule has 0 atom stereocenters. The van der Waals surface area contributed by atoms with Gasteiger partial charge in [0.15, 0.2) is 0 Å². The molecule has 0 spiro atoms. The van der Waals surface area contributed by atoms with Crippen molar-refractivity contribution in [3.05, 3.63) is 59.7 Å². The molecule has 1 nitrogen and oxygen atoms in total. The number of allylic oxidation sites excluding steroid dienone is 4. The van der Waals surface area contributed by atoms with Crippen molar-refractivity contribution in [3.8, 4) is 0 Å². The first-order chi connectivity index (χ1) is 4.91. The van der Waals surface area contributed by atoms with Gasteiger partial charge in [-0.25, -0.2) is 12.2 Å². The van der Waals surface area contributed by atoms with Crippen LogP contribution in [0.5, 0.6) is 0 Å². The van der Waals surface area contributed by atoms with Crippen LogP contribution in [0.3, 0.4) is 0 Å². The summed E-state index contributed by atoms with van der Waals surface area (Å²) in [5.74, 6) is 0. The molecule has 110 valence electrons. The standard InChI is InChI=1S/C5H5.C4H10N.4CH3.2ClH.Ti/c1-2-4-5-3-1;1-2-3-4-5;;;;;;;/h1-3H,4H2;5H,2-4H2,1H3;4*1H3;2*1H;/q6*-1;;;. The number of unbranched alkanes of at least 4 members (excludes halogenated alkanes) is 1. The van der Waals surface area contributed by atoms with Crippen molar-refractivity contribution in [2.24, 2.45) is 0 Å². The van der Waals surface area contributed by atoms with E-state index in [1.54, 1.807) is 0 Å². The van der Waals surface area contributed by atoms with Gasteiger partial charge in [-0.05, 0) is 0 Å². The molecule has 4 heteroatoms. The Morgan fingerprint density at radius 2 is 1.59 bits per heavy atom. The molecule has 0 amide bonds. The predicted molar refractivity (Wildman–Crippen MR) is 85.8 cm³/mol. The van der Waals surface area contributed by atoms with E-state index in [4.69, 9.17) is 5.73 Å². The van der Waals surface area contributed by atoms with Crippen LogP contribution >= 0.6 is 24.8 Å². The molecule has 0 saturated heterocycles. The van der Waals surface area contributed by atoms with Gasteiger partial charge < -0.3 is 35.4 Å². The summed E-state index contributed by atoms with van der Waals surface area (Å²) in [6.45, 7) is 2.69. The average molecular weight is 318 g/mol. The summed E-state index contributed by atoms with van der Waals surface area (Å²) in [6, 6.07) is 0. The molecule has 0 fully saturated rings. The number of hydrogen-bond donors (Lipinski definition) is 0. The number of rotatable bonds is 2. The fourth-order valence-electron chi connectivity index (χ4n) is 0.517. The van der Waals surface area contributed by atoms with E-state index in [0.717, 1.165) is 19.3 Å². The molecule has 0 aromatic rings. The Hall–Kier alpha value is 0.734. The van der Waals surface area contributed by atoms with E-state index in [2.05, 4.69) is 19.1 Å². The number of halogens is 2. The second kappa shape index (κ2) is 54.3. The Morgan fingerprint density at radius 1 is 1.12 bits per heavy atom. The van der Waals surface area contributed by atoms with Crippen molar-refractivity contribution in [2.45, 2.75) is 26.2 Å². The fourth-order valence-corrected chi connectivity index (χ4v) is 0.517. The molecule has 17 heavy (non-hydrogen) atoms. The van der Waals surface area contributed by atoms with E-state index < -0.39 is 0 Å². The summed E-state index contributed by atoms with van der Waals surface area (Å²) in [5.41, 5.74) is 6.60. The maximum atomic E-state index is 6.60. The van der Waals surface area contributed by atoms with Gasteiger partial charge in [0, 0.05) is 21.7 Å². The van der Waals surface area contributed by atoms with Gasteiger partial charge in [-0.3, -0.25) is 6.08 Å². The van der Waals surface area contributed by atoms with Gasteiger partial charge in [0.25, 0.3) is 0 Å². The van der Waals surface area contributed by atoms with Gasteiger partial charge in [0.1, 0.15) is 0 Å². The Balaban J connectivity index is -0.0000000112. The van der Waals surface area contributed by atoms with Crippen molar-refractivity contribution in [3.63, 3.8) is 0 Å². The van der Waals surface area contributed by atoms with Crippen molar-refractivity contribution >= 4 is 24.8 Å². The summed E-state index contributed by atoms with van der Waals surface area (Å²) in [6.07, 6.45) is 12.2. The Bertz CT molecular complexity index is 106. The minimum atomic E-state index is 0. The summed E-state index contributed by atoms with van der Waals surface area (Å²) >= 11 is 0. The van der Waals surface area contributed by atoms with E-state index >= 15 is 0 Å². The van der Waals surface area contributed by atoms with Gasteiger partial charge in [-0.1, -0.05) is 19.8 Å². The molecule has 0 aromatic carbocycles. The molecular weight excluding hydrogens is 289 g/mol. The van der Waals surface area contributed by atoms with Crippen LogP contribution < -0.4 is 0 Å². The molecule has 1 aliphatic rings. The van der Waals surface area contributed by atoms with Crippen molar-refractivity contribution in [1.82, 2.24) is 0 Å².